The van der Waals surface area contributed by atoms with Crippen molar-refractivity contribution in [3.8, 4) is 17.2 Å². The highest BCUT2D eigenvalue weighted by molar-refractivity contribution is 5.92. The molecule has 0 fully saturated rings. The molecule has 9 heteroatoms. The van der Waals surface area contributed by atoms with Crippen molar-refractivity contribution in [1.29, 1.82) is 0 Å². The Morgan fingerprint density at radius 2 is 1.72 bits per heavy atom. The number of hydrogen-bond acceptors (Lipinski definition) is 8. The van der Waals surface area contributed by atoms with Gasteiger partial charge < -0.3 is 23.8 Å². The molecule has 192 valence electrons. The second-order valence-electron chi connectivity index (χ2n) is 8.03. The van der Waals surface area contributed by atoms with Gasteiger partial charge in [-0.3, -0.25) is 4.79 Å². The van der Waals surface area contributed by atoms with Gasteiger partial charge in [0.05, 0.1) is 44.8 Å². The van der Waals surface area contributed by atoms with Crippen LogP contribution in [-0.2, 0) is 16.1 Å². The Bertz CT molecular complexity index is 1250. The molecule has 2 aromatic carbocycles. The maximum absolute atomic E-state index is 13.4. The summed E-state index contributed by atoms with van der Waals surface area (Å²) in [5.74, 6) is 0.623. The van der Waals surface area contributed by atoms with Crippen LogP contribution in [0.4, 0.5) is 0 Å². The Morgan fingerprint density at radius 1 is 1.03 bits per heavy atom. The number of carbonyl (C=O) groups is 1. The molecule has 0 saturated heterocycles. The van der Waals surface area contributed by atoms with Crippen LogP contribution in [0.1, 0.15) is 19.4 Å². The second kappa shape index (κ2) is 12.7. The van der Waals surface area contributed by atoms with Crippen LogP contribution in [0.2, 0.25) is 0 Å². The van der Waals surface area contributed by atoms with Crippen LogP contribution in [-0.4, -0.2) is 67.7 Å². The van der Waals surface area contributed by atoms with Crippen LogP contribution in [0, 0.1) is 0 Å². The Labute approximate surface area is 210 Å². The molecule has 1 heterocycles. The van der Waals surface area contributed by atoms with Gasteiger partial charge in [-0.1, -0.05) is 44.2 Å². The predicted molar refractivity (Wildman–Crippen MR) is 139 cm³/mol. The van der Waals surface area contributed by atoms with Crippen LogP contribution in [0.15, 0.2) is 53.5 Å². The quantitative estimate of drug-likeness (QED) is 0.279. The van der Waals surface area contributed by atoms with Gasteiger partial charge >= 0.3 is 5.97 Å². The number of likely N-dealkylation sites (N-methyl/N-ethyl adjacent to an activating group) is 1. The van der Waals surface area contributed by atoms with Gasteiger partial charge in [-0.2, -0.15) is 5.10 Å². The number of rotatable bonds is 12. The minimum atomic E-state index is -0.595. The summed E-state index contributed by atoms with van der Waals surface area (Å²) in [5.41, 5.74) is 0.535. The molecule has 0 saturated carbocycles. The normalized spacial score (nSPS) is 12.2. The van der Waals surface area contributed by atoms with Gasteiger partial charge in [0, 0.05) is 12.6 Å². The van der Waals surface area contributed by atoms with Crippen molar-refractivity contribution in [2.24, 2.45) is 0 Å². The number of benzene rings is 2. The first-order valence-corrected chi connectivity index (χ1v) is 11.8. The lowest BCUT2D eigenvalue weighted by Crippen LogP contribution is -2.40. The third-order valence-electron chi connectivity index (χ3n) is 5.89. The average molecular weight is 496 g/mol. The van der Waals surface area contributed by atoms with E-state index >= 15 is 0 Å². The average Bonchev–Trinajstić information content (AvgIpc) is 2.91. The number of ether oxygens (including phenoxy) is 4. The van der Waals surface area contributed by atoms with Crippen molar-refractivity contribution < 1.29 is 23.7 Å². The molecule has 0 bridgehead atoms. The fraction of sp³-hybridized carbons (Fsp3) is 0.370. The van der Waals surface area contributed by atoms with Gasteiger partial charge in [0.1, 0.15) is 6.10 Å². The van der Waals surface area contributed by atoms with Crippen LogP contribution < -0.4 is 19.8 Å². The molecule has 0 aliphatic heterocycles. The highest BCUT2D eigenvalue weighted by Gasteiger charge is 2.22. The first kappa shape index (κ1) is 26.7. The molecular weight excluding hydrogens is 462 g/mol. The van der Waals surface area contributed by atoms with Gasteiger partial charge in [-0.25, -0.2) is 9.48 Å². The first-order chi connectivity index (χ1) is 17.4. The lowest BCUT2D eigenvalue weighted by Gasteiger charge is -2.25. The number of fused-ring (bicyclic) bond motifs is 1. The van der Waals surface area contributed by atoms with Gasteiger partial charge in [-0.05, 0) is 30.8 Å². The molecule has 0 aliphatic rings. The topological polar surface area (TPSA) is 92.1 Å². The zero-order chi connectivity index (χ0) is 26.1. The lowest BCUT2D eigenvalue weighted by molar-refractivity contribution is -0.144. The van der Waals surface area contributed by atoms with E-state index in [2.05, 4.69) is 10.00 Å². The summed E-state index contributed by atoms with van der Waals surface area (Å²) in [7, 11) is 4.48. The maximum Gasteiger partial charge on any atom is 0.331 e. The van der Waals surface area contributed by atoms with E-state index in [1.54, 1.807) is 18.3 Å². The van der Waals surface area contributed by atoms with Gasteiger partial charge in [0.25, 0.3) is 5.56 Å². The summed E-state index contributed by atoms with van der Waals surface area (Å²) in [6.07, 6.45) is 4.04. The Kier molecular flexibility index (Phi) is 9.46. The summed E-state index contributed by atoms with van der Waals surface area (Å²) >= 11 is 0. The third kappa shape index (κ3) is 6.23. The number of carbonyl (C=O) groups excluding carboxylic acids is 1. The number of methoxy groups -OCH3 is 3. The molecule has 9 nitrogen and oxygen atoms in total. The second-order valence-corrected chi connectivity index (χ2v) is 8.03. The van der Waals surface area contributed by atoms with E-state index in [1.807, 2.05) is 44.2 Å². The molecule has 1 atom stereocenters. The zero-order valence-corrected chi connectivity index (χ0v) is 21.4. The van der Waals surface area contributed by atoms with Crippen molar-refractivity contribution in [2.75, 3.05) is 41.0 Å². The number of hydrogen-bond donors (Lipinski definition) is 0. The summed E-state index contributed by atoms with van der Waals surface area (Å²) in [5, 5.41) is 5.20. The number of nitrogens with zero attached hydrogens (tertiary/aromatic N) is 3. The zero-order valence-electron chi connectivity index (χ0n) is 21.4. The van der Waals surface area contributed by atoms with Crippen LogP contribution >= 0.6 is 0 Å². The van der Waals surface area contributed by atoms with Crippen molar-refractivity contribution in [2.45, 2.75) is 26.5 Å². The predicted octanol–water partition coefficient (Wildman–Crippen LogP) is 3.39. The molecule has 36 heavy (non-hydrogen) atoms. The van der Waals surface area contributed by atoms with Crippen molar-refractivity contribution in [1.82, 2.24) is 14.7 Å². The molecule has 0 radical (unpaired) electrons. The molecular formula is C27H33N3O6. The van der Waals surface area contributed by atoms with E-state index in [4.69, 9.17) is 18.9 Å². The molecule has 0 spiro atoms. The van der Waals surface area contributed by atoms with Gasteiger partial charge in [0.2, 0.25) is 5.75 Å². The SMILES string of the molecule is CCN(CC)CC(Cn1ncc2c(OC)c(OC)c(OC)cc2c1=O)OC(=O)C=Cc1ccccc1. The van der Waals surface area contributed by atoms with E-state index in [0.717, 1.165) is 18.7 Å². The van der Waals surface area contributed by atoms with E-state index in [9.17, 15) is 9.59 Å². The summed E-state index contributed by atoms with van der Waals surface area (Å²) in [6, 6.07) is 11.1. The van der Waals surface area contributed by atoms with Crippen LogP contribution in [0.3, 0.4) is 0 Å². The van der Waals surface area contributed by atoms with Crippen LogP contribution in [0.25, 0.3) is 16.8 Å². The monoisotopic (exact) mass is 495 g/mol. The highest BCUT2D eigenvalue weighted by Crippen LogP contribution is 2.42. The van der Waals surface area contributed by atoms with Crippen molar-refractivity contribution in [3.63, 3.8) is 0 Å². The molecule has 1 unspecified atom stereocenters. The van der Waals surface area contributed by atoms with E-state index < -0.39 is 12.1 Å². The minimum absolute atomic E-state index is 0.0901. The van der Waals surface area contributed by atoms with Gasteiger partial charge in [0.15, 0.2) is 11.5 Å². The highest BCUT2D eigenvalue weighted by atomic mass is 16.5. The summed E-state index contributed by atoms with van der Waals surface area (Å²) < 4.78 is 23.4. The number of aromatic nitrogens is 2. The number of esters is 1. The molecule has 3 aromatic rings. The maximum atomic E-state index is 13.4. The van der Waals surface area contributed by atoms with E-state index in [0.29, 0.717) is 34.6 Å². The smallest absolute Gasteiger partial charge is 0.331 e. The largest absolute Gasteiger partial charge is 0.493 e. The molecule has 1 aromatic heterocycles. The Morgan fingerprint density at radius 3 is 2.33 bits per heavy atom. The Balaban J connectivity index is 1.93. The fourth-order valence-electron chi connectivity index (χ4n) is 3.96. The standard InChI is InChI=1S/C27H33N3O6/c1-6-29(7-2)17-20(36-24(31)14-13-19-11-9-8-10-12-19)18-30-27(32)21-15-23(33-3)26(35-5)25(34-4)22(21)16-28-30/h8-16,20H,6-7,17-18H2,1-5H3. The summed E-state index contributed by atoms with van der Waals surface area (Å²) in [4.78, 5) is 28.2. The third-order valence-corrected chi connectivity index (χ3v) is 5.89. The van der Waals surface area contributed by atoms with Crippen molar-refractivity contribution in [3.05, 3.63) is 64.6 Å². The van der Waals surface area contributed by atoms with E-state index in [1.165, 1.54) is 32.1 Å². The molecule has 0 aliphatic carbocycles. The molecule has 0 amide bonds. The summed E-state index contributed by atoms with van der Waals surface area (Å²) in [6.45, 7) is 6.16. The van der Waals surface area contributed by atoms with Crippen molar-refractivity contribution >= 4 is 22.8 Å². The van der Waals surface area contributed by atoms with E-state index in [-0.39, 0.29) is 12.1 Å². The molecule has 0 N–H and O–H groups in total. The minimum Gasteiger partial charge on any atom is -0.493 e. The Hall–Kier alpha value is -3.85. The first-order valence-electron chi connectivity index (χ1n) is 11.8. The fourth-order valence-corrected chi connectivity index (χ4v) is 3.96. The lowest BCUT2D eigenvalue weighted by atomic mass is 10.1. The van der Waals surface area contributed by atoms with Crippen LogP contribution in [0.5, 0.6) is 17.2 Å². The van der Waals surface area contributed by atoms with Gasteiger partial charge in [-0.15, -0.1) is 0 Å². The molecule has 3 rings (SSSR count).